The Kier molecular flexibility index (Phi) is 4.39. The van der Waals surface area contributed by atoms with Crippen LogP contribution in [0.5, 0.6) is 11.5 Å². The second kappa shape index (κ2) is 6.98. The van der Waals surface area contributed by atoms with E-state index in [1.807, 2.05) is 48.5 Å². The monoisotopic (exact) mass is 398 g/mol. The molecule has 0 atom stereocenters. The first-order valence-electron chi connectivity index (χ1n) is 7.73. The van der Waals surface area contributed by atoms with Crippen molar-refractivity contribution in [3.05, 3.63) is 64.9 Å². The lowest BCUT2D eigenvalue weighted by Crippen LogP contribution is -2.03. The molecule has 2 aromatic carbocycles. The Hall–Kier alpha value is -2.80. The minimum atomic E-state index is 0.281. The van der Waals surface area contributed by atoms with Crippen LogP contribution in [0, 0.1) is 0 Å². The summed E-state index contributed by atoms with van der Waals surface area (Å²) in [5, 5.41) is 6.55. The van der Waals surface area contributed by atoms with E-state index >= 15 is 0 Å². The summed E-state index contributed by atoms with van der Waals surface area (Å²) < 4.78 is 11.7. The van der Waals surface area contributed by atoms with Gasteiger partial charge in [-0.2, -0.15) is 0 Å². The van der Waals surface area contributed by atoms with Gasteiger partial charge in [0, 0.05) is 22.8 Å². The number of hydrogen-bond donors (Lipinski definition) is 2. The molecular weight excluding hydrogens is 384 g/mol. The third-order valence-corrected chi connectivity index (χ3v) is 4.17. The first kappa shape index (κ1) is 15.7. The molecule has 2 N–H and O–H groups in total. The van der Waals surface area contributed by atoms with Crippen LogP contribution in [0.3, 0.4) is 0 Å². The molecule has 0 bridgehead atoms. The number of anilines is 3. The molecule has 0 unspecified atom stereocenters. The quantitative estimate of drug-likeness (QED) is 0.666. The fourth-order valence-corrected chi connectivity index (χ4v) is 2.88. The van der Waals surface area contributed by atoms with Crippen LogP contribution in [0.15, 0.2) is 59.3 Å². The van der Waals surface area contributed by atoms with Crippen molar-refractivity contribution < 1.29 is 9.47 Å². The summed E-state index contributed by atoms with van der Waals surface area (Å²) in [6.07, 6.45) is 1.53. The van der Waals surface area contributed by atoms with Gasteiger partial charge < -0.3 is 20.1 Å². The first-order valence-corrected chi connectivity index (χ1v) is 8.53. The van der Waals surface area contributed by atoms with E-state index in [-0.39, 0.29) is 6.79 Å². The maximum absolute atomic E-state index is 5.40. The van der Waals surface area contributed by atoms with Crippen LogP contribution in [-0.2, 0) is 6.54 Å². The highest BCUT2D eigenvalue weighted by Gasteiger charge is 2.13. The average Bonchev–Trinajstić information content (AvgIpc) is 3.08. The van der Waals surface area contributed by atoms with Crippen LogP contribution in [0.1, 0.15) is 5.56 Å². The number of rotatable bonds is 5. The number of halogens is 1. The summed E-state index contributed by atoms with van der Waals surface area (Å²) in [5.74, 6) is 3.02. The summed E-state index contributed by atoms with van der Waals surface area (Å²) in [7, 11) is 0. The van der Waals surface area contributed by atoms with E-state index in [1.165, 1.54) is 6.33 Å². The summed E-state index contributed by atoms with van der Waals surface area (Å²) in [5.41, 5.74) is 2.04. The van der Waals surface area contributed by atoms with Crippen molar-refractivity contribution in [3.63, 3.8) is 0 Å². The number of nitrogens with zero attached hydrogens (tertiary/aromatic N) is 2. The molecule has 1 aromatic heterocycles. The van der Waals surface area contributed by atoms with E-state index in [0.717, 1.165) is 38.9 Å². The molecule has 2 heterocycles. The summed E-state index contributed by atoms with van der Waals surface area (Å²) >= 11 is 3.46. The second-order valence-corrected chi connectivity index (χ2v) is 6.38. The highest BCUT2D eigenvalue weighted by Crippen LogP contribution is 2.32. The standard InChI is InChI=1S/C18H15BrN4O2/c19-13-2-1-3-14(7-13)23-18-8-17(21-10-22-18)20-9-12-4-5-15-16(6-12)25-11-24-15/h1-8,10H,9,11H2,(H2,20,21,22,23). The lowest BCUT2D eigenvalue weighted by atomic mass is 10.2. The molecule has 0 amide bonds. The van der Waals surface area contributed by atoms with Gasteiger partial charge in [0.25, 0.3) is 0 Å². The Morgan fingerprint density at radius 1 is 0.960 bits per heavy atom. The largest absolute Gasteiger partial charge is 0.454 e. The first-order chi connectivity index (χ1) is 12.3. The summed E-state index contributed by atoms with van der Waals surface area (Å²) in [6, 6.07) is 15.7. The van der Waals surface area contributed by atoms with E-state index < -0.39 is 0 Å². The van der Waals surface area contributed by atoms with Gasteiger partial charge in [-0.3, -0.25) is 0 Å². The SMILES string of the molecule is Brc1cccc(Nc2cc(NCc3ccc4c(c3)OCO4)ncn2)c1. The minimum Gasteiger partial charge on any atom is -0.454 e. The van der Waals surface area contributed by atoms with Gasteiger partial charge >= 0.3 is 0 Å². The maximum atomic E-state index is 5.40. The normalized spacial score (nSPS) is 12.0. The zero-order chi connectivity index (χ0) is 17.1. The number of nitrogens with one attached hydrogen (secondary N) is 2. The fraction of sp³-hybridized carbons (Fsp3) is 0.111. The van der Waals surface area contributed by atoms with Crippen LogP contribution in [0.25, 0.3) is 0 Å². The van der Waals surface area contributed by atoms with Gasteiger partial charge in [-0.15, -0.1) is 0 Å². The third-order valence-electron chi connectivity index (χ3n) is 3.67. The maximum Gasteiger partial charge on any atom is 0.231 e. The zero-order valence-corrected chi connectivity index (χ0v) is 14.8. The summed E-state index contributed by atoms with van der Waals surface area (Å²) in [6.45, 7) is 0.909. The van der Waals surface area contributed by atoms with Crippen molar-refractivity contribution in [1.82, 2.24) is 9.97 Å². The van der Waals surface area contributed by atoms with E-state index in [4.69, 9.17) is 9.47 Å². The zero-order valence-electron chi connectivity index (χ0n) is 13.2. The topological polar surface area (TPSA) is 68.3 Å². The number of benzene rings is 2. The molecule has 126 valence electrons. The summed E-state index contributed by atoms with van der Waals surface area (Å²) in [4.78, 5) is 8.51. The van der Waals surface area contributed by atoms with Crippen molar-refractivity contribution in [2.24, 2.45) is 0 Å². The Balaban J connectivity index is 1.43. The van der Waals surface area contributed by atoms with E-state index in [0.29, 0.717) is 6.54 Å². The molecule has 6 nitrogen and oxygen atoms in total. The van der Waals surface area contributed by atoms with Gasteiger partial charge in [-0.05, 0) is 35.9 Å². The van der Waals surface area contributed by atoms with Gasteiger partial charge in [-0.1, -0.05) is 28.1 Å². The molecule has 25 heavy (non-hydrogen) atoms. The Morgan fingerprint density at radius 3 is 2.76 bits per heavy atom. The van der Waals surface area contributed by atoms with Gasteiger partial charge in [0.05, 0.1) is 0 Å². The van der Waals surface area contributed by atoms with Crippen molar-refractivity contribution in [2.75, 3.05) is 17.4 Å². The molecule has 0 radical (unpaired) electrons. The number of ether oxygens (including phenoxy) is 2. The highest BCUT2D eigenvalue weighted by atomic mass is 79.9. The van der Waals surface area contributed by atoms with E-state index in [2.05, 4.69) is 36.5 Å². The van der Waals surface area contributed by atoms with Crippen molar-refractivity contribution >= 4 is 33.3 Å². The molecule has 0 fully saturated rings. The fourth-order valence-electron chi connectivity index (χ4n) is 2.48. The van der Waals surface area contributed by atoms with Gasteiger partial charge in [0.2, 0.25) is 6.79 Å². The average molecular weight is 399 g/mol. The van der Waals surface area contributed by atoms with Crippen molar-refractivity contribution in [1.29, 1.82) is 0 Å². The molecule has 4 rings (SSSR count). The predicted octanol–water partition coefficient (Wildman–Crippen LogP) is 4.32. The van der Waals surface area contributed by atoms with Crippen LogP contribution in [0.2, 0.25) is 0 Å². The molecule has 1 aliphatic heterocycles. The van der Waals surface area contributed by atoms with Gasteiger partial charge in [-0.25, -0.2) is 9.97 Å². The third kappa shape index (κ3) is 3.83. The van der Waals surface area contributed by atoms with Crippen molar-refractivity contribution in [2.45, 2.75) is 6.54 Å². The number of hydrogen-bond acceptors (Lipinski definition) is 6. The smallest absolute Gasteiger partial charge is 0.231 e. The van der Waals surface area contributed by atoms with Crippen LogP contribution >= 0.6 is 15.9 Å². The Morgan fingerprint density at radius 2 is 1.84 bits per heavy atom. The van der Waals surface area contributed by atoms with Crippen LogP contribution in [-0.4, -0.2) is 16.8 Å². The number of aromatic nitrogens is 2. The molecule has 0 aliphatic carbocycles. The van der Waals surface area contributed by atoms with Crippen LogP contribution < -0.4 is 20.1 Å². The highest BCUT2D eigenvalue weighted by molar-refractivity contribution is 9.10. The van der Waals surface area contributed by atoms with Crippen molar-refractivity contribution in [3.8, 4) is 11.5 Å². The molecule has 0 saturated heterocycles. The van der Waals surface area contributed by atoms with E-state index in [9.17, 15) is 0 Å². The Bertz CT molecular complexity index is 904. The lowest BCUT2D eigenvalue weighted by molar-refractivity contribution is 0.174. The molecule has 1 aliphatic rings. The van der Waals surface area contributed by atoms with E-state index in [1.54, 1.807) is 0 Å². The molecule has 0 saturated carbocycles. The molecular formula is C18H15BrN4O2. The minimum absolute atomic E-state index is 0.281. The molecule has 0 spiro atoms. The Labute approximate surface area is 153 Å². The van der Waals surface area contributed by atoms with Gasteiger partial charge in [0.1, 0.15) is 18.0 Å². The molecule has 3 aromatic rings. The van der Waals surface area contributed by atoms with Gasteiger partial charge in [0.15, 0.2) is 11.5 Å². The lowest BCUT2D eigenvalue weighted by Gasteiger charge is -2.09. The molecule has 7 heteroatoms. The predicted molar refractivity (Wildman–Crippen MR) is 99.3 cm³/mol. The van der Waals surface area contributed by atoms with Crippen LogP contribution in [0.4, 0.5) is 17.3 Å². The second-order valence-electron chi connectivity index (χ2n) is 5.47. The number of fused-ring (bicyclic) bond motifs is 1.